The third kappa shape index (κ3) is 4.91. The molecule has 3 rings (SSSR count). The number of aromatic nitrogens is 2. The minimum Gasteiger partial charge on any atom is -0.444 e. The molecule has 0 N–H and O–H groups in total. The summed E-state index contributed by atoms with van der Waals surface area (Å²) < 4.78 is 13.1. The molecule has 1 aliphatic heterocycles. The number of amides is 1. The van der Waals surface area contributed by atoms with Crippen LogP contribution in [-0.4, -0.2) is 58.9 Å². The van der Waals surface area contributed by atoms with E-state index in [0.717, 1.165) is 42.8 Å². The minimum atomic E-state index is -0.459. The van der Waals surface area contributed by atoms with Crippen molar-refractivity contribution in [2.75, 3.05) is 37.7 Å². The molecule has 0 radical (unpaired) electrons. The molecule has 0 bridgehead atoms. The monoisotopic (exact) mass is 374 g/mol. The van der Waals surface area contributed by atoms with E-state index in [0.29, 0.717) is 19.8 Å². The molecule has 7 nitrogen and oxygen atoms in total. The van der Waals surface area contributed by atoms with Gasteiger partial charge in [-0.15, -0.1) is 0 Å². The Morgan fingerprint density at radius 3 is 2.59 bits per heavy atom. The molecule has 0 aliphatic carbocycles. The van der Waals surface area contributed by atoms with Crippen molar-refractivity contribution in [1.29, 1.82) is 0 Å². The molecule has 0 saturated carbocycles. The molecule has 1 saturated heterocycles. The number of nitrogens with zero attached hydrogens (tertiary/aromatic N) is 4. The lowest BCUT2D eigenvalue weighted by atomic mass is 10.2. The zero-order chi connectivity index (χ0) is 19.4. The molecular weight excluding hydrogens is 344 g/mol. The number of anilines is 1. The molecule has 2 aromatic rings. The third-order valence-corrected chi connectivity index (χ3v) is 4.48. The Kier molecular flexibility index (Phi) is 5.89. The third-order valence-electron chi connectivity index (χ3n) is 4.48. The highest BCUT2D eigenvalue weighted by molar-refractivity contribution is 5.80. The Balaban J connectivity index is 1.61. The number of piperazine rings is 1. The summed E-state index contributed by atoms with van der Waals surface area (Å²) in [7, 11) is 0. The fourth-order valence-corrected chi connectivity index (χ4v) is 3.13. The molecule has 1 fully saturated rings. The summed E-state index contributed by atoms with van der Waals surface area (Å²) in [5.41, 5.74) is 2.70. The van der Waals surface area contributed by atoms with Gasteiger partial charge in [-0.2, -0.15) is 0 Å². The summed E-state index contributed by atoms with van der Waals surface area (Å²) in [5.74, 6) is 0. The van der Waals surface area contributed by atoms with Crippen LogP contribution in [-0.2, 0) is 16.2 Å². The number of hydrogen-bond donors (Lipinski definition) is 0. The van der Waals surface area contributed by atoms with Crippen LogP contribution in [0.25, 0.3) is 11.0 Å². The molecule has 0 spiro atoms. The summed E-state index contributed by atoms with van der Waals surface area (Å²) in [6, 6.07) is 6.31. The highest BCUT2D eigenvalue weighted by Crippen LogP contribution is 2.23. The molecule has 1 aliphatic rings. The van der Waals surface area contributed by atoms with Crippen LogP contribution in [0.4, 0.5) is 10.5 Å². The molecule has 27 heavy (non-hydrogen) atoms. The second-order valence-corrected chi connectivity index (χ2v) is 7.88. The van der Waals surface area contributed by atoms with E-state index >= 15 is 0 Å². The van der Waals surface area contributed by atoms with Crippen molar-refractivity contribution in [3.63, 3.8) is 0 Å². The number of benzene rings is 1. The lowest BCUT2D eigenvalue weighted by Gasteiger charge is -2.36. The topological polar surface area (TPSA) is 59.8 Å². The average molecular weight is 374 g/mol. The average Bonchev–Trinajstić information content (AvgIpc) is 3.03. The predicted octanol–water partition coefficient (Wildman–Crippen LogP) is 3.48. The number of rotatable bonds is 5. The van der Waals surface area contributed by atoms with E-state index in [1.165, 1.54) is 0 Å². The van der Waals surface area contributed by atoms with E-state index in [9.17, 15) is 4.79 Å². The molecule has 2 heterocycles. The smallest absolute Gasteiger partial charge is 0.410 e. The lowest BCUT2D eigenvalue weighted by molar-refractivity contribution is 0.0240. The maximum Gasteiger partial charge on any atom is 0.410 e. The van der Waals surface area contributed by atoms with Crippen LogP contribution in [0.1, 0.15) is 34.1 Å². The molecule has 148 valence electrons. The normalized spacial score (nSPS) is 15.4. The van der Waals surface area contributed by atoms with Crippen LogP contribution in [0.5, 0.6) is 0 Å². The van der Waals surface area contributed by atoms with Gasteiger partial charge in [0.15, 0.2) is 0 Å². The minimum absolute atomic E-state index is 0.233. The van der Waals surface area contributed by atoms with Gasteiger partial charge in [0.25, 0.3) is 0 Å². The molecule has 1 amide bonds. The second kappa shape index (κ2) is 8.17. The first-order valence-corrected chi connectivity index (χ1v) is 9.63. The van der Waals surface area contributed by atoms with Crippen molar-refractivity contribution >= 4 is 22.8 Å². The molecule has 1 aromatic carbocycles. The van der Waals surface area contributed by atoms with E-state index in [1.54, 1.807) is 4.90 Å². The van der Waals surface area contributed by atoms with E-state index < -0.39 is 5.60 Å². The predicted molar refractivity (Wildman–Crippen MR) is 106 cm³/mol. The van der Waals surface area contributed by atoms with Gasteiger partial charge in [-0.1, -0.05) is 6.92 Å². The van der Waals surface area contributed by atoms with Crippen molar-refractivity contribution in [2.24, 2.45) is 0 Å². The van der Waals surface area contributed by atoms with Crippen molar-refractivity contribution in [2.45, 2.75) is 46.4 Å². The van der Waals surface area contributed by atoms with Crippen molar-refractivity contribution < 1.29 is 14.3 Å². The lowest BCUT2D eigenvalue weighted by Crippen LogP contribution is -2.50. The molecule has 0 atom stereocenters. The van der Waals surface area contributed by atoms with Gasteiger partial charge < -0.3 is 23.8 Å². The van der Waals surface area contributed by atoms with E-state index in [2.05, 4.69) is 35.0 Å². The fraction of sp³-hybridized carbons (Fsp3) is 0.600. The maximum atomic E-state index is 12.2. The number of hydrogen-bond acceptors (Lipinski definition) is 5. The van der Waals surface area contributed by atoms with Gasteiger partial charge in [-0.25, -0.2) is 9.78 Å². The molecule has 0 unspecified atom stereocenters. The van der Waals surface area contributed by atoms with Crippen LogP contribution in [0.15, 0.2) is 24.5 Å². The highest BCUT2D eigenvalue weighted by atomic mass is 16.6. The Bertz CT molecular complexity index is 773. The van der Waals surface area contributed by atoms with Gasteiger partial charge in [0.1, 0.15) is 12.3 Å². The summed E-state index contributed by atoms with van der Waals surface area (Å²) in [6.45, 7) is 11.9. The first kappa shape index (κ1) is 19.5. The van der Waals surface area contributed by atoms with E-state index in [4.69, 9.17) is 9.47 Å². The van der Waals surface area contributed by atoms with Crippen LogP contribution in [0, 0.1) is 0 Å². The summed E-state index contributed by atoms with van der Waals surface area (Å²) >= 11 is 0. The Morgan fingerprint density at radius 1 is 1.19 bits per heavy atom. The molecular formula is C20H30N4O3. The highest BCUT2D eigenvalue weighted by Gasteiger charge is 2.26. The van der Waals surface area contributed by atoms with Crippen molar-refractivity contribution in [3.8, 4) is 0 Å². The largest absolute Gasteiger partial charge is 0.444 e. The van der Waals surface area contributed by atoms with Crippen LogP contribution < -0.4 is 4.90 Å². The quantitative estimate of drug-likeness (QED) is 0.750. The van der Waals surface area contributed by atoms with Crippen molar-refractivity contribution in [3.05, 3.63) is 24.5 Å². The number of imidazole rings is 1. The van der Waals surface area contributed by atoms with Crippen LogP contribution in [0.2, 0.25) is 0 Å². The summed E-state index contributed by atoms with van der Waals surface area (Å²) in [4.78, 5) is 20.8. The number of carbonyl (C=O) groups excluding carboxylic acids is 1. The number of fused-ring (bicyclic) bond motifs is 1. The first-order chi connectivity index (χ1) is 12.9. The molecule has 7 heteroatoms. The fourth-order valence-electron chi connectivity index (χ4n) is 3.13. The van der Waals surface area contributed by atoms with Crippen LogP contribution in [0.3, 0.4) is 0 Å². The van der Waals surface area contributed by atoms with Gasteiger partial charge in [0, 0.05) is 38.5 Å². The van der Waals surface area contributed by atoms with E-state index in [-0.39, 0.29) is 6.09 Å². The number of carbonyl (C=O) groups is 1. The van der Waals surface area contributed by atoms with Gasteiger partial charge >= 0.3 is 6.09 Å². The number of ether oxygens (including phenoxy) is 2. The van der Waals surface area contributed by atoms with Gasteiger partial charge in [0.05, 0.1) is 17.4 Å². The standard InChI is InChI=1S/C20H30N4O3/c1-5-12-26-15-24-14-21-17-13-16(6-7-18(17)24)22-8-10-23(11-9-22)19(25)27-20(2,3)4/h6-7,13-14H,5,8-12,15H2,1-4H3. The van der Waals surface area contributed by atoms with Crippen molar-refractivity contribution in [1.82, 2.24) is 14.5 Å². The Morgan fingerprint density at radius 2 is 1.93 bits per heavy atom. The van der Waals surface area contributed by atoms with Gasteiger partial charge in [-0.3, -0.25) is 0 Å². The van der Waals surface area contributed by atoms with Gasteiger partial charge in [0.2, 0.25) is 0 Å². The SMILES string of the molecule is CCCOCn1cnc2cc(N3CCN(C(=O)OC(C)(C)C)CC3)ccc21. The van der Waals surface area contributed by atoms with Gasteiger partial charge in [-0.05, 0) is 45.4 Å². The zero-order valence-electron chi connectivity index (χ0n) is 16.8. The second-order valence-electron chi connectivity index (χ2n) is 7.88. The van der Waals surface area contributed by atoms with Crippen LogP contribution >= 0.6 is 0 Å². The Labute approximate surface area is 160 Å². The molecule has 1 aromatic heterocycles. The zero-order valence-corrected chi connectivity index (χ0v) is 16.8. The summed E-state index contributed by atoms with van der Waals surface area (Å²) in [6.07, 6.45) is 2.60. The summed E-state index contributed by atoms with van der Waals surface area (Å²) in [5, 5.41) is 0. The Hall–Kier alpha value is -2.28. The first-order valence-electron chi connectivity index (χ1n) is 9.63. The maximum absolute atomic E-state index is 12.2. The van der Waals surface area contributed by atoms with E-state index in [1.807, 2.05) is 31.7 Å².